The number of hydrogen-bond donors (Lipinski definition) is 4. The van der Waals surface area contributed by atoms with Gasteiger partial charge in [-0.2, -0.15) is 0 Å². The lowest BCUT2D eigenvalue weighted by Crippen LogP contribution is -3.15. The van der Waals surface area contributed by atoms with Crippen molar-refractivity contribution in [2.24, 2.45) is 0 Å². The Morgan fingerprint density at radius 3 is 2.68 bits per heavy atom. The third-order valence-electron chi connectivity index (χ3n) is 3.97. The Hall–Kier alpha value is -1.46. The number of quaternary nitrogens is 2. The van der Waals surface area contributed by atoms with Crippen LogP contribution in [0.4, 0.5) is 11.4 Å². The molecule has 5 heteroatoms. The molecule has 0 atom stereocenters. The molecule has 0 bridgehead atoms. The van der Waals surface area contributed by atoms with Gasteiger partial charge in [0.2, 0.25) is 0 Å². The van der Waals surface area contributed by atoms with Crippen molar-refractivity contribution < 1.29 is 14.5 Å². The van der Waals surface area contributed by atoms with Crippen LogP contribution < -0.4 is 16.0 Å². The molecule has 0 aromatic heterocycles. The molecular weight excluding hydrogens is 240 g/mol. The number of likely N-dealkylation sites (N-methyl/N-ethyl adjacent to an activating group) is 1. The van der Waals surface area contributed by atoms with Crippen LogP contribution in [0.2, 0.25) is 0 Å². The molecule has 0 amide bonds. The predicted molar refractivity (Wildman–Crippen MR) is 78.4 cm³/mol. The monoisotopic (exact) mass is 266 g/mol. The first kappa shape index (κ1) is 14.0. The van der Waals surface area contributed by atoms with E-state index in [1.165, 1.54) is 26.2 Å². The SMILES string of the molecule is C[N+]1(C)CC[NH+](CCNc2cc(O)ccc2N)CC1. The van der Waals surface area contributed by atoms with Crippen LogP contribution in [-0.4, -0.2) is 63.0 Å². The molecule has 1 heterocycles. The van der Waals surface area contributed by atoms with Crippen molar-refractivity contribution in [3.05, 3.63) is 18.2 Å². The van der Waals surface area contributed by atoms with Gasteiger partial charge in [0.1, 0.15) is 31.9 Å². The molecule has 1 fully saturated rings. The molecule has 106 valence electrons. The van der Waals surface area contributed by atoms with Gasteiger partial charge in [-0.1, -0.05) is 0 Å². The fourth-order valence-corrected chi connectivity index (χ4v) is 2.48. The standard InChI is InChI=1S/C14H24N4O/c1-18(2)9-7-17(8-10-18)6-5-16-14-11-12(19)3-4-13(14)15/h3-4,11,16H,5-10,15H2,1-2H3/p+2. The number of anilines is 2. The minimum absolute atomic E-state index is 0.251. The number of nitrogens with one attached hydrogen (secondary N) is 2. The molecule has 1 aromatic carbocycles. The van der Waals surface area contributed by atoms with Gasteiger partial charge in [-0.05, 0) is 12.1 Å². The van der Waals surface area contributed by atoms with Crippen molar-refractivity contribution in [2.45, 2.75) is 0 Å². The highest BCUT2D eigenvalue weighted by molar-refractivity contribution is 5.67. The fraction of sp³-hybridized carbons (Fsp3) is 0.571. The number of hydrogen-bond acceptors (Lipinski definition) is 3. The van der Waals surface area contributed by atoms with Crippen LogP contribution in [0, 0.1) is 0 Å². The highest BCUT2D eigenvalue weighted by Gasteiger charge is 2.26. The summed E-state index contributed by atoms with van der Waals surface area (Å²) >= 11 is 0. The van der Waals surface area contributed by atoms with Crippen molar-refractivity contribution in [1.82, 2.24) is 0 Å². The molecular formula is C14H26N4O+2. The van der Waals surface area contributed by atoms with Gasteiger partial charge >= 0.3 is 0 Å². The average Bonchev–Trinajstić information content (AvgIpc) is 2.35. The summed E-state index contributed by atoms with van der Waals surface area (Å²) in [5.41, 5.74) is 7.37. The Morgan fingerprint density at radius 1 is 1.32 bits per heavy atom. The lowest BCUT2D eigenvalue weighted by Gasteiger charge is -2.36. The Kier molecular flexibility index (Phi) is 4.17. The Morgan fingerprint density at radius 2 is 2.00 bits per heavy atom. The zero-order chi connectivity index (χ0) is 13.9. The Bertz CT molecular complexity index is 423. The van der Waals surface area contributed by atoms with Crippen molar-refractivity contribution in [3.63, 3.8) is 0 Å². The highest BCUT2D eigenvalue weighted by atomic mass is 16.3. The lowest BCUT2D eigenvalue weighted by molar-refractivity contribution is -1.00. The van der Waals surface area contributed by atoms with Crippen molar-refractivity contribution >= 4 is 11.4 Å². The van der Waals surface area contributed by atoms with E-state index < -0.39 is 0 Å². The summed E-state index contributed by atoms with van der Waals surface area (Å²) in [5.74, 6) is 0.251. The second-order valence-electron chi connectivity index (χ2n) is 6.08. The topological polar surface area (TPSA) is 62.7 Å². The summed E-state index contributed by atoms with van der Waals surface area (Å²) in [5, 5.41) is 12.8. The summed E-state index contributed by atoms with van der Waals surface area (Å²) < 4.78 is 1.14. The average molecular weight is 266 g/mol. The maximum atomic E-state index is 9.44. The van der Waals surface area contributed by atoms with Gasteiger partial charge in [-0.25, -0.2) is 0 Å². The molecule has 0 radical (unpaired) electrons. The maximum absolute atomic E-state index is 9.44. The largest absolute Gasteiger partial charge is 0.508 e. The van der Waals surface area contributed by atoms with E-state index in [1.54, 1.807) is 23.1 Å². The molecule has 0 unspecified atom stereocenters. The number of rotatable bonds is 4. The number of nitrogens with zero attached hydrogens (tertiary/aromatic N) is 1. The van der Waals surface area contributed by atoms with Gasteiger partial charge in [0.15, 0.2) is 0 Å². The molecule has 0 spiro atoms. The second kappa shape index (κ2) is 5.67. The number of nitrogens with two attached hydrogens (primary N) is 1. The van der Waals surface area contributed by atoms with E-state index in [9.17, 15) is 5.11 Å². The quantitative estimate of drug-likeness (QED) is 0.333. The van der Waals surface area contributed by atoms with E-state index in [0.717, 1.165) is 23.3 Å². The van der Waals surface area contributed by atoms with Gasteiger partial charge < -0.3 is 25.5 Å². The molecule has 5 nitrogen and oxygen atoms in total. The first-order valence-electron chi connectivity index (χ1n) is 6.94. The first-order valence-corrected chi connectivity index (χ1v) is 6.94. The summed E-state index contributed by atoms with van der Waals surface area (Å²) in [6, 6.07) is 5.02. The van der Waals surface area contributed by atoms with Gasteiger partial charge in [0.25, 0.3) is 0 Å². The van der Waals surface area contributed by atoms with E-state index in [1.807, 2.05) is 0 Å². The number of phenols is 1. The van der Waals surface area contributed by atoms with Crippen LogP contribution in [0.25, 0.3) is 0 Å². The highest BCUT2D eigenvalue weighted by Crippen LogP contribution is 2.22. The minimum atomic E-state index is 0.251. The van der Waals surface area contributed by atoms with E-state index >= 15 is 0 Å². The number of aromatic hydroxyl groups is 1. The predicted octanol–water partition coefficient (Wildman–Crippen LogP) is -0.639. The van der Waals surface area contributed by atoms with Gasteiger partial charge in [-0.3, -0.25) is 0 Å². The minimum Gasteiger partial charge on any atom is -0.508 e. The third-order valence-corrected chi connectivity index (χ3v) is 3.97. The van der Waals surface area contributed by atoms with E-state index in [0.29, 0.717) is 5.69 Å². The van der Waals surface area contributed by atoms with Crippen molar-refractivity contribution in [2.75, 3.05) is 64.4 Å². The Labute approximate surface area is 115 Å². The molecule has 0 aliphatic carbocycles. The van der Waals surface area contributed by atoms with E-state index in [4.69, 9.17) is 5.73 Å². The summed E-state index contributed by atoms with van der Waals surface area (Å²) in [6.45, 7) is 6.91. The maximum Gasteiger partial charge on any atom is 0.128 e. The number of piperazine rings is 1. The summed E-state index contributed by atoms with van der Waals surface area (Å²) in [7, 11) is 4.59. The van der Waals surface area contributed by atoms with Crippen LogP contribution in [0.5, 0.6) is 5.75 Å². The molecule has 2 rings (SSSR count). The van der Waals surface area contributed by atoms with E-state index in [2.05, 4.69) is 19.4 Å². The van der Waals surface area contributed by atoms with Gasteiger partial charge in [0, 0.05) is 6.07 Å². The summed E-state index contributed by atoms with van der Waals surface area (Å²) in [6.07, 6.45) is 0. The lowest BCUT2D eigenvalue weighted by atomic mass is 10.2. The number of benzene rings is 1. The summed E-state index contributed by atoms with van der Waals surface area (Å²) in [4.78, 5) is 1.64. The second-order valence-corrected chi connectivity index (χ2v) is 6.08. The normalized spacial score (nSPS) is 19.3. The zero-order valence-corrected chi connectivity index (χ0v) is 11.9. The molecule has 19 heavy (non-hydrogen) atoms. The van der Waals surface area contributed by atoms with E-state index in [-0.39, 0.29) is 5.75 Å². The van der Waals surface area contributed by atoms with Crippen molar-refractivity contribution in [1.29, 1.82) is 0 Å². The van der Waals surface area contributed by atoms with Gasteiger partial charge in [-0.15, -0.1) is 0 Å². The van der Waals surface area contributed by atoms with Crippen LogP contribution in [0.1, 0.15) is 0 Å². The molecule has 1 saturated heterocycles. The molecule has 1 aliphatic rings. The first-order chi connectivity index (χ1) is 8.96. The van der Waals surface area contributed by atoms with Gasteiger partial charge in [0.05, 0.1) is 38.6 Å². The zero-order valence-electron chi connectivity index (χ0n) is 11.9. The fourth-order valence-electron chi connectivity index (χ4n) is 2.48. The molecule has 5 N–H and O–H groups in total. The number of nitrogen functional groups attached to an aromatic ring is 1. The van der Waals surface area contributed by atoms with Crippen LogP contribution in [0.3, 0.4) is 0 Å². The van der Waals surface area contributed by atoms with Crippen LogP contribution in [-0.2, 0) is 0 Å². The molecule has 0 saturated carbocycles. The van der Waals surface area contributed by atoms with Crippen molar-refractivity contribution in [3.8, 4) is 5.75 Å². The molecule has 1 aromatic rings. The number of phenolic OH excluding ortho intramolecular Hbond substituents is 1. The molecule has 1 aliphatic heterocycles. The van der Waals surface area contributed by atoms with Crippen LogP contribution >= 0.6 is 0 Å². The smallest absolute Gasteiger partial charge is 0.128 e. The Balaban J connectivity index is 1.76. The van der Waals surface area contributed by atoms with Crippen LogP contribution in [0.15, 0.2) is 18.2 Å². The third kappa shape index (κ3) is 4.01.